The molecular formula is C14H13NO3S. The van der Waals surface area contributed by atoms with Gasteiger partial charge in [-0.1, -0.05) is 23.8 Å². The molecule has 19 heavy (non-hydrogen) atoms. The van der Waals surface area contributed by atoms with Crippen molar-refractivity contribution in [2.24, 2.45) is 0 Å². The van der Waals surface area contributed by atoms with Gasteiger partial charge in [0.2, 0.25) is 0 Å². The minimum absolute atomic E-state index is 0.385. The van der Waals surface area contributed by atoms with Gasteiger partial charge in [-0.2, -0.15) is 0 Å². The van der Waals surface area contributed by atoms with Crippen molar-refractivity contribution in [1.82, 2.24) is 5.32 Å². The monoisotopic (exact) mass is 275 g/mol. The van der Waals surface area contributed by atoms with Crippen LogP contribution in [-0.2, 0) is 4.79 Å². The van der Waals surface area contributed by atoms with Gasteiger partial charge in [-0.15, -0.1) is 11.3 Å². The SMILES string of the molecule is Cc1cccc(C(=O)NC(C(=O)O)c2cccs2)c1. The summed E-state index contributed by atoms with van der Waals surface area (Å²) in [4.78, 5) is 23.9. The van der Waals surface area contributed by atoms with Gasteiger partial charge in [0, 0.05) is 10.4 Å². The van der Waals surface area contributed by atoms with Crippen molar-refractivity contribution in [3.05, 3.63) is 57.8 Å². The highest BCUT2D eigenvalue weighted by Crippen LogP contribution is 2.19. The first-order valence-corrected chi connectivity index (χ1v) is 6.59. The fraction of sp³-hybridized carbons (Fsp3) is 0.143. The summed E-state index contributed by atoms with van der Waals surface area (Å²) in [5, 5.41) is 13.5. The fourth-order valence-corrected chi connectivity index (χ4v) is 2.48. The molecule has 1 unspecified atom stereocenters. The van der Waals surface area contributed by atoms with E-state index >= 15 is 0 Å². The molecule has 0 aliphatic rings. The van der Waals surface area contributed by atoms with Crippen molar-refractivity contribution in [2.45, 2.75) is 13.0 Å². The first kappa shape index (κ1) is 13.3. The van der Waals surface area contributed by atoms with E-state index in [1.807, 2.05) is 13.0 Å². The molecule has 0 bridgehead atoms. The van der Waals surface area contributed by atoms with Gasteiger partial charge in [-0.05, 0) is 30.5 Å². The van der Waals surface area contributed by atoms with Crippen molar-refractivity contribution in [3.63, 3.8) is 0 Å². The Bertz CT molecular complexity index is 592. The van der Waals surface area contributed by atoms with Crippen molar-refractivity contribution in [1.29, 1.82) is 0 Å². The first-order valence-electron chi connectivity index (χ1n) is 5.71. The Kier molecular flexibility index (Phi) is 3.97. The highest BCUT2D eigenvalue weighted by Gasteiger charge is 2.23. The van der Waals surface area contributed by atoms with Crippen LogP contribution in [0.2, 0.25) is 0 Å². The molecule has 0 fully saturated rings. The number of carbonyl (C=O) groups is 2. The van der Waals surface area contributed by atoms with Crippen LogP contribution in [0, 0.1) is 6.92 Å². The van der Waals surface area contributed by atoms with Crippen LogP contribution < -0.4 is 5.32 Å². The molecular weight excluding hydrogens is 262 g/mol. The normalized spacial score (nSPS) is 11.8. The third-order valence-electron chi connectivity index (χ3n) is 2.63. The lowest BCUT2D eigenvalue weighted by Crippen LogP contribution is -2.33. The third kappa shape index (κ3) is 3.20. The predicted octanol–water partition coefficient (Wildman–Crippen LogP) is 2.61. The molecule has 2 rings (SSSR count). The van der Waals surface area contributed by atoms with E-state index in [-0.39, 0.29) is 5.91 Å². The number of carboxylic acid groups (broad SMARTS) is 1. The second-order valence-corrected chi connectivity index (χ2v) is 5.11. The van der Waals surface area contributed by atoms with Crippen LogP contribution in [-0.4, -0.2) is 17.0 Å². The van der Waals surface area contributed by atoms with Gasteiger partial charge in [0.15, 0.2) is 6.04 Å². The number of rotatable bonds is 4. The highest BCUT2D eigenvalue weighted by atomic mass is 32.1. The van der Waals surface area contributed by atoms with Crippen LogP contribution in [0.4, 0.5) is 0 Å². The Hall–Kier alpha value is -2.14. The molecule has 2 N–H and O–H groups in total. The van der Waals surface area contributed by atoms with Gasteiger partial charge in [-0.25, -0.2) is 4.79 Å². The van der Waals surface area contributed by atoms with Gasteiger partial charge in [-0.3, -0.25) is 4.79 Å². The second-order valence-electron chi connectivity index (χ2n) is 4.13. The van der Waals surface area contributed by atoms with E-state index in [1.54, 1.807) is 35.7 Å². The van der Waals surface area contributed by atoms with E-state index in [0.717, 1.165) is 5.56 Å². The molecule has 0 saturated carbocycles. The number of aliphatic carboxylic acids is 1. The second kappa shape index (κ2) is 5.67. The number of carbonyl (C=O) groups excluding carboxylic acids is 1. The lowest BCUT2D eigenvalue weighted by molar-refractivity contribution is -0.139. The maximum atomic E-state index is 12.0. The summed E-state index contributed by atoms with van der Waals surface area (Å²) in [6.07, 6.45) is 0. The minimum Gasteiger partial charge on any atom is -0.479 e. The zero-order valence-electron chi connectivity index (χ0n) is 10.3. The summed E-state index contributed by atoms with van der Waals surface area (Å²) >= 11 is 1.30. The van der Waals surface area contributed by atoms with Crippen molar-refractivity contribution in [2.75, 3.05) is 0 Å². The van der Waals surface area contributed by atoms with E-state index in [4.69, 9.17) is 0 Å². The van der Waals surface area contributed by atoms with Gasteiger partial charge < -0.3 is 10.4 Å². The predicted molar refractivity (Wildman–Crippen MR) is 73.3 cm³/mol. The summed E-state index contributed by atoms with van der Waals surface area (Å²) in [6, 6.07) is 9.48. The van der Waals surface area contributed by atoms with Gasteiger partial charge in [0.05, 0.1) is 0 Å². The number of benzene rings is 1. The standard InChI is InChI=1S/C14H13NO3S/c1-9-4-2-5-10(8-9)13(16)15-12(14(17)18)11-6-3-7-19-11/h2-8,12H,1H3,(H,15,16)(H,17,18). The maximum absolute atomic E-state index is 12.0. The van der Waals surface area contributed by atoms with Crippen LogP contribution in [0.15, 0.2) is 41.8 Å². The number of amides is 1. The number of carboxylic acids is 1. The summed E-state index contributed by atoms with van der Waals surface area (Å²) in [6.45, 7) is 1.88. The fourth-order valence-electron chi connectivity index (χ4n) is 1.71. The molecule has 0 aliphatic heterocycles. The molecule has 0 radical (unpaired) electrons. The smallest absolute Gasteiger partial charge is 0.331 e. The van der Waals surface area contributed by atoms with Crippen LogP contribution in [0.5, 0.6) is 0 Å². The molecule has 1 aromatic carbocycles. The van der Waals surface area contributed by atoms with E-state index in [9.17, 15) is 14.7 Å². The molecule has 4 nitrogen and oxygen atoms in total. The molecule has 0 saturated heterocycles. The Labute approximate surface area is 114 Å². The van der Waals surface area contributed by atoms with Crippen molar-refractivity contribution < 1.29 is 14.7 Å². The van der Waals surface area contributed by atoms with Crippen LogP contribution in [0.25, 0.3) is 0 Å². The van der Waals surface area contributed by atoms with E-state index < -0.39 is 12.0 Å². The van der Waals surface area contributed by atoms with Crippen LogP contribution >= 0.6 is 11.3 Å². The molecule has 5 heteroatoms. The summed E-state index contributed by atoms with van der Waals surface area (Å²) < 4.78 is 0. The lowest BCUT2D eigenvalue weighted by Gasteiger charge is -2.13. The van der Waals surface area contributed by atoms with Crippen molar-refractivity contribution >= 4 is 23.2 Å². The number of aryl methyl sites for hydroxylation is 1. The molecule has 1 heterocycles. The molecule has 1 atom stereocenters. The molecule has 1 aromatic heterocycles. The molecule has 0 aliphatic carbocycles. The lowest BCUT2D eigenvalue weighted by atomic mass is 10.1. The quantitative estimate of drug-likeness (QED) is 0.901. The zero-order valence-corrected chi connectivity index (χ0v) is 11.1. The zero-order chi connectivity index (χ0) is 13.8. The maximum Gasteiger partial charge on any atom is 0.331 e. The summed E-state index contributed by atoms with van der Waals surface area (Å²) in [7, 11) is 0. The van der Waals surface area contributed by atoms with Gasteiger partial charge in [0.25, 0.3) is 5.91 Å². The number of hydrogen-bond acceptors (Lipinski definition) is 3. The average Bonchev–Trinajstić information content (AvgIpc) is 2.88. The third-order valence-corrected chi connectivity index (χ3v) is 3.57. The topological polar surface area (TPSA) is 66.4 Å². The molecule has 2 aromatic rings. The van der Waals surface area contributed by atoms with E-state index in [1.165, 1.54) is 11.3 Å². The molecule has 98 valence electrons. The Morgan fingerprint density at radius 1 is 1.26 bits per heavy atom. The largest absolute Gasteiger partial charge is 0.479 e. The van der Waals surface area contributed by atoms with E-state index in [0.29, 0.717) is 10.4 Å². The minimum atomic E-state index is -1.07. The molecule has 1 amide bonds. The number of nitrogens with one attached hydrogen (secondary N) is 1. The van der Waals surface area contributed by atoms with E-state index in [2.05, 4.69) is 5.32 Å². The van der Waals surface area contributed by atoms with Crippen LogP contribution in [0.1, 0.15) is 26.8 Å². The number of hydrogen-bond donors (Lipinski definition) is 2. The highest BCUT2D eigenvalue weighted by molar-refractivity contribution is 7.10. The van der Waals surface area contributed by atoms with Crippen molar-refractivity contribution in [3.8, 4) is 0 Å². The average molecular weight is 275 g/mol. The number of thiophene rings is 1. The summed E-state index contributed by atoms with van der Waals surface area (Å²) in [5.74, 6) is -1.45. The first-order chi connectivity index (χ1) is 9.08. The van der Waals surface area contributed by atoms with Gasteiger partial charge >= 0.3 is 5.97 Å². The van der Waals surface area contributed by atoms with Gasteiger partial charge in [0.1, 0.15) is 0 Å². The molecule has 0 spiro atoms. The Morgan fingerprint density at radius 3 is 2.63 bits per heavy atom. The Morgan fingerprint density at radius 2 is 2.05 bits per heavy atom. The Balaban J connectivity index is 2.19. The van der Waals surface area contributed by atoms with Crippen LogP contribution in [0.3, 0.4) is 0 Å². The summed E-state index contributed by atoms with van der Waals surface area (Å²) in [5.41, 5.74) is 1.42.